The number of nitrogens with two attached hydrogens (primary N) is 1. The maximum absolute atomic E-state index is 5.95. The maximum Gasteiger partial charge on any atom is 0.230 e. The molecule has 1 heterocycles. The molecule has 0 bridgehead atoms. The number of aryl methyl sites for hydroxylation is 1. The lowest BCUT2D eigenvalue weighted by atomic mass is 9.98. The molecule has 0 amide bonds. The number of nitrogens with zero attached hydrogens (tertiary/aromatic N) is 1. The van der Waals surface area contributed by atoms with E-state index in [1.807, 2.05) is 49.4 Å². The fourth-order valence-corrected chi connectivity index (χ4v) is 2.74. The summed E-state index contributed by atoms with van der Waals surface area (Å²) in [4.78, 5) is 0. The number of anilines is 1. The minimum Gasteiger partial charge on any atom is -0.367 e. The van der Waals surface area contributed by atoms with E-state index in [2.05, 4.69) is 27.2 Å². The molecule has 0 spiro atoms. The summed E-state index contributed by atoms with van der Waals surface area (Å²) < 4.78 is 6.24. The average molecular weight is 329 g/mol. The Bertz CT molecular complexity index is 750. The Morgan fingerprint density at radius 1 is 1.10 bits per heavy atom. The first-order valence-electron chi connectivity index (χ1n) is 6.24. The smallest absolute Gasteiger partial charge is 0.230 e. The third-order valence-electron chi connectivity index (χ3n) is 3.22. The van der Waals surface area contributed by atoms with Gasteiger partial charge in [0, 0.05) is 10.0 Å². The molecule has 0 aliphatic heterocycles. The molecule has 0 radical (unpaired) electrons. The molecule has 4 heteroatoms. The molecule has 0 saturated heterocycles. The Balaban J connectivity index is 2.21. The van der Waals surface area contributed by atoms with Crippen molar-refractivity contribution in [1.82, 2.24) is 5.16 Å². The van der Waals surface area contributed by atoms with Crippen LogP contribution in [0.4, 0.5) is 5.88 Å². The van der Waals surface area contributed by atoms with Crippen LogP contribution >= 0.6 is 15.9 Å². The van der Waals surface area contributed by atoms with Crippen LogP contribution in [0.2, 0.25) is 0 Å². The molecule has 0 saturated carbocycles. The van der Waals surface area contributed by atoms with Crippen molar-refractivity contribution in [3.8, 4) is 22.4 Å². The zero-order chi connectivity index (χ0) is 14.1. The molecule has 0 aliphatic carbocycles. The third kappa shape index (κ3) is 2.23. The fraction of sp³-hybridized carbons (Fsp3) is 0.0625. The predicted molar refractivity (Wildman–Crippen MR) is 84.2 cm³/mol. The number of halogens is 1. The van der Waals surface area contributed by atoms with E-state index in [1.165, 1.54) is 0 Å². The SMILES string of the molecule is Cc1cc(Br)ccc1-c1noc(N)c1-c1ccccc1. The molecule has 0 fully saturated rings. The number of hydrogen-bond donors (Lipinski definition) is 1. The molecule has 20 heavy (non-hydrogen) atoms. The first-order chi connectivity index (χ1) is 9.66. The lowest BCUT2D eigenvalue weighted by Gasteiger charge is -2.06. The summed E-state index contributed by atoms with van der Waals surface area (Å²) in [7, 11) is 0. The highest BCUT2D eigenvalue weighted by atomic mass is 79.9. The van der Waals surface area contributed by atoms with Crippen LogP contribution in [0.25, 0.3) is 22.4 Å². The summed E-state index contributed by atoms with van der Waals surface area (Å²) in [5, 5.41) is 4.14. The lowest BCUT2D eigenvalue weighted by molar-refractivity contribution is 0.439. The van der Waals surface area contributed by atoms with Crippen LogP contribution in [0.15, 0.2) is 57.5 Å². The van der Waals surface area contributed by atoms with Gasteiger partial charge < -0.3 is 10.3 Å². The van der Waals surface area contributed by atoms with Crippen molar-refractivity contribution in [1.29, 1.82) is 0 Å². The van der Waals surface area contributed by atoms with Crippen molar-refractivity contribution in [2.24, 2.45) is 0 Å². The summed E-state index contributed by atoms with van der Waals surface area (Å²) in [5.41, 5.74) is 10.7. The summed E-state index contributed by atoms with van der Waals surface area (Å²) >= 11 is 3.47. The number of nitrogen functional groups attached to an aromatic ring is 1. The first-order valence-corrected chi connectivity index (χ1v) is 7.03. The lowest BCUT2D eigenvalue weighted by Crippen LogP contribution is -1.89. The molecule has 3 nitrogen and oxygen atoms in total. The number of benzene rings is 2. The molecule has 3 rings (SSSR count). The van der Waals surface area contributed by atoms with E-state index < -0.39 is 0 Å². The highest BCUT2D eigenvalue weighted by molar-refractivity contribution is 9.10. The second-order valence-corrected chi connectivity index (χ2v) is 5.51. The standard InChI is InChI=1S/C16H13BrN2O/c1-10-9-12(17)7-8-13(10)15-14(16(18)20-19-15)11-5-3-2-4-6-11/h2-9H,18H2,1H3. The van der Waals surface area contributed by atoms with Crippen molar-refractivity contribution in [3.05, 3.63) is 58.6 Å². The van der Waals surface area contributed by atoms with E-state index in [-0.39, 0.29) is 0 Å². The topological polar surface area (TPSA) is 52.0 Å². The minimum absolute atomic E-state index is 0.341. The fourth-order valence-electron chi connectivity index (χ4n) is 2.26. The minimum atomic E-state index is 0.341. The molecule has 1 aromatic heterocycles. The van der Waals surface area contributed by atoms with Gasteiger partial charge in [0.1, 0.15) is 5.69 Å². The van der Waals surface area contributed by atoms with Gasteiger partial charge in [-0.05, 0) is 30.2 Å². The second kappa shape index (κ2) is 5.13. The van der Waals surface area contributed by atoms with Crippen LogP contribution in [0.5, 0.6) is 0 Å². The molecule has 3 aromatic rings. The molecule has 0 atom stereocenters. The van der Waals surface area contributed by atoms with Crippen LogP contribution in [0.3, 0.4) is 0 Å². The molecule has 2 aromatic carbocycles. The van der Waals surface area contributed by atoms with E-state index in [0.29, 0.717) is 5.88 Å². The quantitative estimate of drug-likeness (QED) is 0.744. The summed E-state index contributed by atoms with van der Waals surface area (Å²) in [6, 6.07) is 16.0. The highest BCUT2D eigenvalue weighted by Gasteiger charge is 2.18. The van der Waals surface area contributed by atoms with Gasteiger partial charge in [0.05, 0.1) is 5.56 Å². The Labute approximate surface area is 125 Å². The van der Waals surface area contributed by atoms with Gasteiger partial charge in [0.15, 0.2) is 0 Å². The van der Waals surface area contributed by atoms with Crippen molar-refractivity contribution >= 4 is 21.8 Å². The van der Waals surface area contributed by atoms with E-state index in [9.17, 15) is 0 Å². The van der Waals surface area contributed by atoms with Crippen molar-refractivity contribution in [2.45, 2.75) is 6.92 Å². The number of aromatic nitrogens is 1. The number of rotatable bonds is 2. The Kier molecular flexibility index (Phi) is 3.32. The Hall–Kier alpha value is -2.07. The van der Waals surface area contributed by atoms with Gasteiger partial charge in [-0.25, -0.2) is 0 Å². The van der Waals surface area contributed by atoms with E-state index in [4.69, 9.17) is 10.3 Å². The zero-order valence-corrected chi connectivity index (χ0v) is 12.5. The molecule has 0 aliphatic rings. The van der Waals surface area contributed by atoms with Crippen LogP contribution in [0, 0.1) is 6.92 Å². The Morgan fingerprint density at radius 2 is 1.85 bits per heavy atom. The summed E-state index contributed by atoms with van der Waals surface area (Å²) in [6.45, 7) is 2.04. The highest BCUT2D eigenvalue weighted by Crippen LogP contribution is 2.37. The largest absolute Gasteiger partial charge is 0.367 e. The monoisotopic (exact) mass is 328 g/mol. The van der Waals surface area contributed by atoms with E-state index in [1.54, 1.807) is 0 Å². The van der Waals surface area contributed by atoms with Gasteiger partial charge in [-0.3, -0.25) is 0 Å². The van der Waals surface area contributed by atoms with Crippen molar-refractivity contribution in [2.75, 3.05) is 5.73 Å². The third-order valence-corrected chi connectivity index (χ3v) is 3.72. The van der Waals surface area contributed by atoms with Gasteiger partial charge in [0.25, 0.3) is 0 Å². The van der Waals surface area contributed by atoms with E-state index >= 15 is 0 Å². The van der Waals surface area contributed by atoms with Gasteiger partial charge in [-0.15, -0.1) is 0 Å². The summed E-state index contributed by atoms with van der Waals surface area (Å²) in [5.74, 6) is 0.341. The normalized spacial score (nSPS) is 10.7. The van der Waals surface area contributed by atoms with Gasteiger partial charge in [-0.2, -0.15) is 0 Å². The predicted octanol–water partition coefficient (Wildman–Crippen LogP) is 4.66. The molecule has 0 unspecified atom stereocenters. The second-order valence-electron chi connectivity index (χ2n) is 4.60. The molecular formula is C16H13BrN2O. The van der Waals surface area contributed by atoms with Gasteiger partial charge in [-0.1, -0.05) is 57.5 Å². The zero-order valence-electron chi connectivity index (χ0n) is 10.9. The molecule has 100 valence electrons. The van der Waals surface area contributed by atoms with E-state index in [0.717, 1.165) is 32.4 Å². The van der Waals surface area contributed by atoms with Crippen molar-refractivity contribution in [3.63, 3.8) is 0 Å². The average Bonchev–Trinajstić information content (AvgIpc) is 2.81. The van der Waals surface area contributed by atoms with Crippen LogP contribution in [-0.2, 0) is 0 Å². The van der Waals surface area contributed by atoms with Gasteiger partial charge in [0.2, 0.25) is 5.88 Å². The van der Waals surface area contributed by atoms with Crippen LogP contribution < -0.4 is 5.73 Å². The first kappa shape index (κ1) is 12.9. The van der Waals surface area contributed by atoms with Crippen molar-refractivity contribution < 1.29 is 4.52 Å². The molecular weight excluding hydrogens is 316 g/mol. The Morgan fingerprint density at radius 3 is 2.55 bits per heavy atom. The number of hydrogen-bond acceptors (Lipinski definition) is 3. The van der Waals surface area contributed by atoms with Crippen LogP contribution in [-0.4, -0.2) is 5.16 Å². The summed E-state index contributed by atoms with van der Waals surface area (Å²) in [6.07, 6.45) is 0. The van der Waals surface area contributed by atoms with Crippen LogP contribution in [0.1, 0.15) is 5.56 Å². The maximum atomic E-state index is 5.95. The molecule has 2 N–H and O–H groups in total. The van der Waals surface area contributed by atoms with Gasteiger partial charge >= 0.3 is 0 Å².